The van der Waals surface area contributed by atoms with Gasteiger partial charge in [0, 0.05) is 38.5 Å². The van der Waals surface area contributed by atoms with Gasteiger partial charge in [-0.3, -0.25) is 24.0 Å². The van der Waals surface area contributed by atoms with Crippen molar-refractivity contribution in [1.82, 2.24) is 0 Å². The Bertz CT molecular complexity index is 807. The summed E-state index contributed by atoms with van der Waals surface area (Å²) in [5, 5.41) is 10.2. The molecular weight excluding hydrogens is 600 g/mol. The van der Waals surface area contributed by atoms with E-state index in [9.17, 15) is 33.9 Å². The van der Waals surface area contributed by atoms with Gasteiger partial charge in [0.05, 0.1) is 25.2 Å². The van der Waals surface area contributed by atoms with Gasteiger partial charge in [0.2, 0.25) is 0 Å². The van der Waals surface area contributed by atoms with E-state index >= 15 is 0 Å². The molecule has 46 heavy (non-hydrogen) atoms. The van der Waals surface area contributed by atoms with Crippen molar-refractivity contribution in [1.29, 1.82) is 0 Å². The Morgan fingerprint density at radius 1 is 0.500 bits per heavy atom. The van der Waals surface area contributed by atoms with E-state index in [4.69, 9.17) is 23.7 Å². The Labute approximate surface area is 274 Å². The maximum atomic E-state index is 12.4. The zero-order chi connectivity index (χ0) is 34.3. The van der Waals surface area contributed by atoms with Crippen LogP contribution in [0.15, 0.2) is 0 Å². The van der Waals surface area contributed by atoms with Gasteiger partial charge in [-0.25, -0.2) is 0 Å². The smallest absolute Gasteiger partial charge is 0.305 e. The van der Waals surface area contributed by atoms with Crippen molar-refractivity contribution < 1.29 is 57.6 Å². The number of rotatable bonds is 31. The van der Waals surface area contributed by atoms with E-state index < -0.39 is 61.7 Å². The first-order valence-electron chi connectivity index (χ1n) is 17.0. The van der Waals surface area contributed by atoms with E-state index in [0.717, 1.165) is 64.2 Å². The molecule has 0 heterocycles. The molecule has 0 spiro atoms. The maximum absolute atomic E-state index is 12.4. The fraction of sp³-hybridized carbons (Fsp3) is 0.824. The molecule has 266 valence electrons. The van der Waals surface area contributed by atoms with Gasteiger partial charge in [0.25, 0.3) is 0 Å². The van der Waals surface area contributed by atoms with E-state index in [2.05, 4.69) is 13.8 Å². The summed E-state index contributed by atoms with van der Waals surface area (Å²) in [6.07, 6.45) is 11.9. The fourth-order valence-electron chi connectivity index (χ4n) is 4.19. The molecule has 0 bridgehead atoms. The summed E-state index contributed by atoms with van der Waals surface area (Å²) >= 11 is 0. The zero-order valence-corrected chi connectivity index (χ0v) is 28.2. The minimum atomic E-state index is -1.43. The molecule has 0 saturated carbocycles. The van der Waals surface area contributed by atoms with Crippen LogP contribution in [0.4, 0.5) is 0 Å². The first kappa shape index (κ1) is 43.0. The van der Waals surface area contributed by atoms with Gasteiger partial charge < -0.3 is 33.6 Å². The molecule has 0 fully saturated rings. The van der Waals surface area contributed by atoms with Crippen molar-refractivity contribution in [2.24, 2.45) is 5.41 Å². The lowest BCUT2D eigenvalue weighted by Gasteiger charge is -2.30. The standard InChI is InChI=1S/C34H58O12/c1-3-5-7-9-13-23-42-29(37)18-15-20-32(40)45-27-34(25-36,26-44-31(39)17-11-12-22-35)28-46-33(41)21-16-19-30(38)43-24-14-10-8-6-4-2/h22,36H,3-21,23-28H2,1-2H3. The van der Waals surface area contributed by atoms with Gasteiger partial charge in [-0.15, -0.1) is 0 Å². The molecule has 0 rings (SSSR count). The molecule has 0 aromatic heterocycles. The highest BCUT2D eigenvalue weighted by molar-refractivity contribution is 5.73. The average molecular weight is 659 g/mol. The molecular formula is C34H58O12. The molecule has 0 aromatic rings. The third kappa shape index (κ3) is 25.2. The van der Waals surface area contributed by atoms with Gasteiger partial charge in [-0.2, -0.15) is 0 Å². The summed E-state index contributed by atoms with van der Waals surface area (Å²) in [4.78, 5) is 71.3. The van der Waals surface area contributed by atoms with Crippen LogP contribution in [0.2, 0.25) is 0 Å². The first-order valence-corrected chi connectivity index (χ1v) is 17.0. The first-order chi connectivity index (χ1) is 22.2. The summed E-state index contributed by atoms with van der Waals surface area (Å²) in [5.41, 5.74) is -1.43. The number of hydrogen-bond acceptors (Lipinski definition) is 12. The molecule has 12 heteroatoms. The second-order valence-corrected chi connectivity index (χ2v) is 11.7. The third-order valence-corrected chi connectivity index (χ3v) is 7.20. The Kier molecular flexibility index (Phi) is 27.5. The Morgan fingerprint density at radius 2 is 0.848 bits per heavy atom. The highest BCUT2D eigenvalue weighted by Gasteiger charge is 2.35. The number of carbonyl (C=O) groups excluding carboxylic acids is 6. The van der Waals surface area contributed by atoms with Crippen LogP contribution in [0.5, 0.6) is 0 Å². The van der Waals surface area contributed by atoms with E-state index in [-0.39, 0.29) is 51.4 Å². The predicted molar refractivity (Wildman–Crippen MR) is 169 cm³/mol. The minimum Gasteiger partial charge on any atom is -0.466 e. The lowest BCUT2D eigenvalue weighted by atomic mass is 9.92. The van der Waals surface area contributed by atoms with Gasteiger partial charge in [-0.1, -0.05) is 65.2 Å². The average Bonchev–Trinajstić information content (AvgIpc) is 3.04. The molecule has 0 unspecified atom stereocenters. The molecule has 0 radical (unpaired) electrons. The highest BCUT2D eigenvalue weighted by atomic mass is 16.6. The van der Waals surface area contributed by atoms with Crippen molar-refractivity contribution in [2.45, 2.75) is 136 Å². The van der Waals surface area contributed by atoms with Crippen LogP contribution in [-0.4, -0.2) is 80.9 Å². The molecule has 0 aliphatic heterocycles. The van der Waals surface area contributed by atoms with E-state index in [1.54, 1.807) is 0 Å². The number of aliphatic hydroxyl groups excluding tert-OH is 1. The van der Waals surface area contributed by atoms with Crippen LogP contribution < -0.4 is 0 Å². The Balaban J connectivity index is 4.73. The monoisotopic (exact) mass is 658 g/mol. The van der Waals surface area contributed by atoms with Gasteiger partial charge in [-0.05, 0) is 32.1 Å². The van der Waals surface area contributed by atoms with Crippen LogP contribution in [0.3, 0.4) is 0 Å². The third-order valence-electron chi connectivity index (χ3n) is 7.20. The summed E-state index contributed by atoms with van der Waals surface area (Å²) in [6.45, 7) is 3.08. The number of esters is 5. The van der Waals surface area contributed by atoms with Crippen molar-refractivity contribution in [3.8, 4) is 0 Å². The molecule has 0 aliphatic carbocycles. The van der Waals surface area contributed by atoms with Crippen molar-refractivity contribution in [2.75, 3.05) is 39.6 Å². The van der Waals surface area contributed by atoms with Gasteiger partial charge in [0.1, 0.15) is 26.1 Å². The number of ether oxygens (including phenoxy) is 5. The topological polar surface area (TPSA) is 169 Å². The highest BCUT2D eigenvalue weighted by Crippen LogP contribution is 2.21. The molecule has 0 aromatic carbocycles. The maximum Gasteiger partial charge on any atom is 0.305 e. The number of hydrogen-bond donors (Lipinski definition) is 1. The quantitative estimate of drug-likeness (QED) is 0.0440. The minimum absolute atomic E-state index is 0.0243. The fourth-order valence-corrected chi connectivity index (χ4v) is 4.19. The molecule has 0 amide bonds. The molecule has 0 aliphatic rings. The number of carbonyl (C=O) groups is 6. The van der Waals surface area contributed by atoms with Crippen LogP contribution in [0.25, 0.3) is 0 Å². The summed E-state index contributed by atoms with van der Waals surface area (Å²) in [7, 11) is 0. The van der Waals surface area contributed by atoms with Crippen molar-refractivity contribution in [3.63, 3.8) is 0 Å². The number of aliphatic hydroxyl groups is 1. The van der Waals surface area contributed by atoms with Crippen molar-refractivity contribution in [3.05, 3.63) is 0 Å². The SMILES string of the molecule is CCCCCCCOC(=O)CCCC(=O)OCC(CO)(COC(=O)CCCC=O)COC(=O)CCCC(=O)OCCCCCCC. The molecule has 0 atom stereocenters. The Morgan fingerprint density at radius 3 is 1.20 bits per heavy atom. The summed E-state index contributed by atoms with van der Waals surface area (Å²) in [5.74, 6) is -2.69. The lowest BCUT2D eigenvalue weighted by molar-refractivity contribution is -0.165. The Hall–Kier alpha value is -3.02. The second-order valence-electron chi connectivity index (χ2n) is 11.7. The number of aldehydes is 1. The van der Waals surface area contributed by atoms with Crippen LogP contribution in [-0.2, 0) is 52.5 Å². The molecule has 1 N–H and O–H groups in total. The van der Waals surface area contributed by atoms with E-state index in [1.807, 2.05) is 0 Å². The lowest BCUT2D eigenvalue weighted by Crippen LogP contribution is -2.42. The summed E-state index contributed by atoms with van der Waals surface area (Å²) in [6, 6.07) is 0. The van der Waals surface area contributed by atoms with E-state index in [0.29, 0.717) is 25.9 Å². The van der Waals surface area contributed by atoms with Gasteiger partial charge >= 0.3 is 29.8 Å². The number of unbranched alkanes of at least 4 members (excludes halogenated alkanes) is 9. The molecule has 12 nitrogen and oxygen atoms in total. The van der Waals surface area contributed by atoms with Crippen molar-refractivity contribution >= 4 is 36.1 Å². The summed E-state index contributed by atoms with van der Waals surface area (Å²) < 4.78 is 26.3. The predicted octanol–water partition coefficient (Wildman–Crippen LogP) is 5.33. The second kappa shape index (κ2) is 29.4. The van der Waals surface area contributed by atoms with Crippen LogP contribution >= 0.6 is 0 Å². The largest absolute Gasteiger partial charge is 0.466 e. The molecule has 0 saturated heterocycles. The van der Waals surface area contributed by atoms with Crippen LogP contribution in [0.1, 0.15) is 136 Å². The normalized spacial score (nSPS) is 11.0. The zero-order valence-electron chi connectivity index (χ0n) is 28.2. The van der Waals surface area contributed by atoms with E-state index in [1.165, 1.54) is 0 Å². The van der Waals surface area contributed by atoms with Gasteiger partial charge in [0.15, 0.2) is 0 Å². The van der Waals surface area contributed by atoms with Crippen LogP contribution in [0, 0.1) is 5.41 Å².